The van der Waals surface area contributed by atoms with Crippen LogP contribution < -0.4 is 5.32 Å². The number of nitrogens with one attached hydrogen (secondary N) is 1. The summed E-state index contributed by atoms with van der Waals surface area (Å²) in [5.74, 6) is 0.631. The minimum absolute atomic E-state index is 0.165. The van der Waals surface area contributed by atoms with Crippen molar-refractivity contribution in [1.82, 2.24) is 5.32 Å². The second kappa shape index (κ2) is 5.97. The average molecular weight is 185 g/mol. The van der Waals surface area contributed by atoms with Crippen molar-refractivity contribution in [2.45, 2.75) is 32.6 Å². The van der Waals surface area contributed by atoms with E-state index in [-0.39, 0.29) is 5.97 Å². The molecule has 1 fully saturated rings. The van der Waals surface area contributed by atoms with E-state index in [0.29, 0.717) is 6.61 Å². The SMILES string of the molecule is CC(=O)OCCC[C@H]1CCCNC1. The largest absolute Gasteiger partial charge is 0.466 e. The molecule has 1 rings (SSSR count). The van der Waals surface area contributed by atoms with Crippen LogP contribution in [-0.2, 0) is 9.53 Å². The van der Waals surface area contributed by atoms with Gasteiger partial charge in [-0.25, -0.2) is 0 Å². The molecule has 3 heteroatoms. The fraction of sp³-hybridized carbons (Fsp3) is 0.900. The number of carbonyl (C=O) groups excluding carboxylic acids is 1. The van der Waals surface area contributed by atoms with Gasteiger partial charge in [0.1, 0.15) is 0 Å². The average Bonchev–Trinajstić information content (AvgIpc) is 2.14. The monoisotopic (exact) mass is 185 g/mol. The first-order valence-electron chi connectivity index (χ1n) is 5.13. The molecule has 13 heavy (non-hydrogen) atoms. The second-order valence-corrected chi connectivity index (χ2v) is 3.69. The van der Waals surface area contributed by atoms with Gasteiger partial charge < -0.3 is 10.1 Å². The topological polar surface area (TPSA) is 38.3 Å². The van der Waals surface area contributed by atoms with E-state index in [1.165, 1.54) is 32.7 Å². The molecule has 0 aromatic rings. The van der Waals surface area contributed by atoms with Gasteiger partial charge in [-0.05, 0) is 44.7 Å². The molecule has 0 spiro atoms. The normalized spacial score (nSPS) is 22.7. The summed E-state index contributed by atoms with van der Waals surface area (Å²) < 4.78 is 4.87. The second-order valence-electron chi connectivity index (χ2n) is 3.69. The van der Waals surface area contributed by atoms with Gasteiger partial charge in [0.15, 0.2) is 0 Å². The zero-order chi connectivity index (χ0) is 9.52. The molecule has 1 aliphatic heterocycles. The quantitative estimate of drug-likeness (QED) is 0.530. The Kier molecular flexibility index (Phi) is 4.83. The highest BCUT2D eigenvalue weighted by molar-refractivity contribution is 5.65. The molecule has 1 heterocycles. The summed E-state index contributed by atoms with van der Waals surface area (Å²) in [5, 5.41) is 3.38. The first-order chi connectivity index (χ1) is 6.29. The third-order valence-electron chi connectivity index (χ3n) is 2.46. The number of piperidine rings is 1. The van der Waals surface area contributed by atoms with Crippen LogP contribution in [0.3, 0.4) is 0 Å². The minimum atomic E-state index is -0.165. The van der Waals surface area contributed by atoms with Crippen molar-refractivity contribution >= 4 is 5.97 Å². The van der Waals surface area contributed by atoms with E-state index in [1.54, 1.807) is 0 Å². The minimum Gasteiger partial charge on any atom is -0.466 e. The summed E-state index contributed by atoms with van der Waals surface area (Å²) >= 11 is 0. The maximum Gasteiger partial charge on any atom is 0.302 e. The molecule has 0 aliphatic carbocycles. The molecule has 0 aromatic carbocycles. The first kappa shape index (κ1) is 10.5. The number of hydrogen-bond acceptors (Lipinski definition) is 3. The molecule has 0 aromatic heterocycles. The Morgan fingerprint density at radius 1 is 1.62 bits per heavy atom. The van der Waals surface area contributed by atoms with Gasteiger partial charge in [0, 0.05) is 6.92 Å². The zero-order valence-corrected chi connectivity index (χ0v) is 8.34. The van der Waals surface area contributed by atoms with Crippen LogP contribution in [0.4, 0.5) is 0 Å². The third-order valence-corrected chi connectivity index (χ3v) is 2.46. The molecular weight excluding hydrogens is 166 g/mol. The van der Waals surface area contributed by atoms with Crippen molar-refractivity contribution in [3.05, 3.63) is 0 Å². The summed E-state index contributed by atoms with van der Waals surface area (Å²) in [7, 11) is 0. The van der Waals surface area contributed by atoms with Gasteiger partial charge in [0.05, 0.1) is 6.61 Å². The molecule has 0 amide bonds. The Hall–Kier alpha value is -0.570. The third kappa shape index (κ3) is 4.88. The summed E-state index contributed by atoms with van der Waals surface area (Å²) in [4.78, 5) is 10.5. The molecule has 1 atom stereocenters. The van der Waals surface area contributed by atoms with Gasteiger partial charge in [-0.2, -0.15) is 0 Å². The molecule has 0 saturated carbocycles. The highest BCUT2D eigenvalue weighted by Gasteiger charge is 2.11. The van der Waals surface area contributed by atoms with E-state index in [4.69, 9.17) is 4.74 Å². The van der Waals surface area contributed by atoms with Crippen LogP contribution in [0.15, 0.2) is 0 Å². The van der Waals surface area contributed by atoms with Crippen molar-refractivity contribution in [2.24, 2.45) is 5.92 Å². The van der Waals surface area contributed by atoms with Gasteiger partial charge in [-0.1, -0.05) is 0 Å². The van der Waals surface area contributed by atoms with E-state index in [0.717, 1.165) is 18.9 Å². The molecule has 0 radical (unpaired) electrons. The van der Waals surface area contributed by atoms with Gasteiger partial charge in [-0.3, -0.25) is 4.79 Å². The number of esters is 1. The highest BCUT2D eigenvalue weighted by Crippen LogP contribution is 2.15. The van der Waals surface area contributed by atoms with Crippen molar-refractivity contribution < 1.29 is 9.53 Å². The van der Waals surface area contributed by atoms with E-state index in [2.05, 4.69) is 5.32 Å². The smallest absolute Gasteiger partial charge is 0.302 e. The summed E-state index contributed by atoms with van der Waals surface area (Å²) in [6.07, 6.45) is 4.80. The summed E-state index contributed by atoms with van der Waals surface area (Å²) in [6, 6.07) is 0. The Labute approximate surface area is 79.8 Å². The van der Waals surface area contributed by atoms with Crippen LogP contribution in [0, 0.1) is 5.92 Å². The van der Waals surface area contributed by atoms with Crippen molar-refractivity contribution in [2.75, 3.05) is 19.7 Å². The number of rotatable bonds is 4. The van der Waals surface area contributed by atoms with Gasteiger partial charge in [0.25, 0.3) is 0 Å². The zero-order valence-electron chi connectivity index (χ0n) is 8.34. The summed E-state index contributed by atoms with van der Waals surface area (Å²) in [6.45, 7) is 4.36. The molecule has 1 aliphatic rings. The van der Waals surface area contributed by atoms with Crippen LogP contribution in [0.5, 0.6) is 0 Å². The number of carbonyl (C=O) groups is 1. The maximum absolute atomic E-state index is 10.5. The van der Waals surface area contributed by atoms with E-state index in [1.807, 2.05) is 0 Å². The number of ether oxygens (including phenoxy) is 1. The molecule has 0 unspecified atom stereocenters. The first-order valence-corrected chi connectivity index (χ1v) is 5.13. The van der Waals surface area contributed by atoms with Crippen molar-refractivity contribution in [3.63, 3.8) is 0 Å². The molecular formula is C10H19NO2. The van der Waals surface area contributed by atoms with Crippen LogP contribution in [-0.4, -0.2) is 25.7 Å². The van der Waals surface area contributed by atoms with E-state index >= 15 is 0 Å². The van der Waals surface area contributed by atoms with Gasteiger partial charge in [-0.15, -0.1) is 0 Å². The molecule has 3 nitrogen and oxygen atoms in total. The standard InChI is InChI=1S/C10H19NO2/c1-9(12)13-7-3-5-10-4-2-6-11-8-10/h10-11H,2-8H2,1H3/t10-/m1/s1. The fourth-order valence-corrected chi connectivity index (χ4v) is 1.76. The molecule has 76 valence electrons. The van der Waals surface area contributed by atoms with Crippen molar-refractivity contribution in [3.8, 4) is 0 Å². The lowest BCUT2D eigenvalue weighted by molar-refractivity contribution is -0.141. The van der Waals surface area contributed by atoms with Gasteiger partial charge >= 0.3 is 5.97 Å². The molecule has 0 bridgehead atoms. The van der Waals surface area contributed by atoms with Crippen LogP contribution in [0.1, 0.15) is 32.6 Å². The van der Waals surface area contributed by atoms with E-state index < -0.39 is 0 Å². The Morgan fingerprint density at radius 3 is 3.08 bits per heavy atom. The lowest BCUT2D eigenvalue weighted by atomic mass is 9.95. The Morgan fingerprint density at radius 2 is 2.46 bits per heavy atom. The predicted octanol–water partition coefficient (Wildman–Crippen LogP) is 1.33. The highest BCUT2D eigenvalue weighted by atomic mass is 16.5. The fourth-order valence-electron chi connectivity index (χ4n) is 1.76. The van der Waals surface area contributed by atoms with Crippen LogP contribution >= 0.6 is 0 Å². The van der Waals surface area contributed by atoms with Crippen molar-refractivity contribution in [1.29, 1.82) is 0 Å². The number of hydrogen-bond donors (Lipinski definition) is 1. The van der Waals surface area contributed by atoms with E-state index in [9.17, 15) is 4.79 Å². The molecule has 1 saturated heterocycles. The van der Waals surface area contributed by atoms with Crippen LogP contribution in [0.25, 0.3) is 0 Å². The lowest BCUT2D eigenvalue weighted by Crippen LogP contribution is -2.29. The maximum atomic E-state index is 10.5. The molecule has 1 N–H and O–H groups in total. The lowest BCUT2D eigenvalue weighted by Gasteiger charge is -2.22. The Balaban J connectivity index is 1.95. The summed E-state index contributed by atoms with van der Waals surface area (Å²) in [5.41, 5.74) is 0. The van der Waals surface area contributed by atoms with Crippen LogP contribution in [0.2, 0.25) is 0 Å². The Bertz CT molecular complexity index is 153. The predicted molar refractivity (Wildman–Crippen MR) is 51.5 cm³/mol. The van der Waals surface area contributed by atoms with Gasteiger partial charge in [0.2, 0.25) is 0 Å².